The Morgan fingerprint density at radius 1 is 1.33 bits per heavy atom. The topological polar surface area (TPSA) is 15.3 Å². The molecule has 1 unspecified atom stereocenters. The zero-order chi connectivity index (χ0) is 15.2. The first-order chi connectivity index (χ1) is 10.1. The van der Waals surface area contributed by atoms with Crippen molar-refractivity contribution in [3.63, 3.8) is 0 Å². The van der Waals surface area contributed by atoms with Crippen molar-refractivity contribution in [2.45, 2.75) is 58.9 Å². The quantitative estimate of drug-likeness (QED) is 0.778. The smallest absolute Gasteiger partial charge is 0.0384 e. The lowest BCUT2D eigenvalue weighted by Gasteiger charge is -2.26. The van der Waals surface area contributed by atoms with Gasteiger partial charge >= 0.3 is 0 Å². The third-order valence-electron chi connectivity index (χ3n) is 4.58. The number of benzene rings is 1. The van der Waals surface area contributed by atoms with Gasteiger partial charge in [0.05, 0.1) is 0 Å². The average molecular weight is 286 g/mol. The number of aryl methyl sites for hydroxylation is 2. The van der Waals surface area contributed by atoms with E-state index in [1.165, 1.54) is 56.3 Å². The van der Waals surface area contributed by atoms with Gasteiger partial charge in [0, 0.05) is 17.4 Å². The predicted octanol–water partition coefficient (Wildman–Crippen LogP) is 4.75. The summed E-state index contributed by atoms with van der Waals surface area (Å²) in [7, 11) is 0. The van der Waals surface area contributed by atoms with E-state index in [9.17, 15) is 0 Å². The summed E-state index contributed by atoms with van der Waals surface area (Å²) in [5, 5.41) is 3.32. The molecule has 1 fully saturated rings. The molecule has 21 heavy (non-hydrogen) atoms. The number of rotatable bonds is 7. The van der Waals surface area contributed by atoms with E-state index in [2.05, 4.69) is 48.8 Å². The maximum atomic E-state index is 3.92. The van der Waals surface area contributed by atoms with Crippen molar-refractivity contribution in [2.75, 3.05) is 18.4 Å². The van der Waals surface area contributed by atoms with Gasteiger partial charge in [-0.1, -0.05) is 19.6 Å². The van der Waals surface area contributed by atoms with E-state index in [1.54, 1.807) is 0 Å². The fourth-order valence-electron chi connectivity index (χ4n) is 3.34. The van der Waals surface area contributed by atoms with Crippen LogP contribution in [-0.2, 0) is 6.42 Å². The fraction of sp³-hybridized carbons (Fsp3) is 0.579. The number of nitrogens with one attached hydrogen (secondary N) is 1. The predicted molar refractivity (Wildman–Crippen MR) is 92.8 cm³/mol. The molecule has 0 amide bonds. The van der Waals surface area contributed by atoms with Crippen LogP contribution in [0.15, 0.2) is 30.5 Å². The maximum Gasteiger partial charge on any atom is 0.0384 e. The Hall–Kier alpha value is -1.28. The second kappa shape index (κ2) is 7.65. The van der Waals surface area contributed by atoms with E-state index in [1.807, 2.05) is 6.92 Å². The summed E-state index contributed by atoms with van der Waals surface area (Å²) in [6.07, 6.45) is 6.48. The lowest BCUT2D eigenvalue weighted by atomic mass is 9.98. The summed E-state index contributed by atoms with van der Waals surface area (Å²) < 4.78 is 0. The van der Waals surface area contributed by atoms with E-state index in [-0.39, 0.29) is 0 Å². The zero-order valence-electron chi connectivity index (χ0n) is 13.9. The zero-order valence-corrected chi connectivity index (χ0v) is 13.9. The molecule has 2 nitrogen and oxygen atoms in total. The first kappa shape index (κ1) is 16.1. The van der Waals surface area contributed by atoms with E-state index in [0.717, 1.165) is 17.4 Å². The molecule has 1 aliphatic heterocycles. The highest BCUT2D eigenvalue weighted by molar-refractivity contribution is 5.51. The van der Waals surface area contributed by atoms with Crippen LogP contribution in [0.5, 0.6) is 0 Å². The minimum absolute atomic E-state index is 0.754. The van der Waals surface area contributed by atoms with Gasteiger partial charge in [-0.3, -0.25) is 0 Å². The molecule has 2 rings (SSSR count). The molecule has 0 saturated carbocycles. The molecule has 116 valence electrons. The first-order valence-corrected chi connectivity index (χ1v) is 8.36. The number of allylic oxidation sites excluding steroid dienone is 1. The largest absolute Gasteiger partial charge is 0.360 e. The minimum atomic E-state index is 0.754. The van der Waals surface area contributed by atoms with E-state index in [4.69, 9.17) is 0 Å². The number of hydrogen-bond donors (Lipinski definition) is 1. The van der Waals surface area contributed by atoms with Crippen molar-refractivity contribution in [2.24, 2.45) is 0 Å². The van der Waals surface area contributed by atoms with Gasteiger partial charge in [-0.25, -0.2) is 0 Å². The van der Waals surface area contributed by atoms with Gasteiger partial charge in [0.1, 0.15) is 0 Å². The Labute approximate surface area is 130 Å². The molecular weight excluding hydrogens is 256 g/mol. The molecule has 0 spiro atoms. The van der Waals surface area contributed by atoms with E-state index < -0.39 is 0 Å². The maximum absolute atomic E-state index is 3.92. The number of anilines is 1. The van der Waals surface area contributed by atoms with Gasteiger partial charge in [0.2, 0.25) is 0 Å². The molecule has 1 heterocycles. The van der Waals surface area contributed by atoms with Crippen molar-refractivity contribution in [1.29, 1.82) is 0 Å². The lowest BCUT2D eigenvalue weighted by Crippen LogP contribution is -2.32. The molecule has 0 aliphatic carbocycles. The summed E-state index contributed by atoms with van der Waals surface area (Å²) in [5.74, 6) is 0. The van der Waals surface area contributed by atoms with Crippen LogP contribution in [0.4, 0.5) is 5.69 Å². The minimum Gasteiger partial charge on any atom is -0.360 e. The molecule has 1 aromatic carbocycles. The third-order valence-corrected chi connectivity index (χ3v) is 4.58. The average Bonchev–Trinajstić information content (AvgIpc) is 2.96. The summed E-state index contributed by atoms with van der Waals surface area (Å²) in [6.45, 7) is 13.1. The van der Waals surface area contributed by atoms with Crippen LogP contribution in [0.1, 0.15) is 50.7 Å². The van der Waals surface area contributed by atoms with Crippen LogP contribution >= 0.6 is 0 Å². The van der Waals surface area contributed by atoms with Crippen molar-refractivity contribution < 1.29 is 0 Å². The van der Waals surface area contributed by atoms with Gasteiger partial charge in [-0.15, -0.1) is 0 Å². The number of likely N-dealkylation sites (tertiary alicyclic amines) is 1. The Morgan fingerprint density at radius 3 is 2.67 bits per heavy atom. The van der Waals surface area contributed by atoms with Crippen LogP contribution in [0, 0.1) is 6.92 Å². The normalized spacial score (nSPS) is 16.9. The molecule has 1 atom stereocenters. The van der Waals surface area contributed by atoms with E-state index in [0.29, 0.717) is 0 Å². The van der Waals surface area contributed by atoms with Gasteiger partial charge in [0.25, 0.3) is 0 Å². The third kappa shape index (κ3) is 4.60. The van der Waals surface area contributed by atoms with Crippen LogP contribution < -0.4 is 5.32 Å². The molecule has 2 heteroatoms. The Bertz CT molecular complexity index is 472. The SMILES string of the molecule is C=C(C)Nc1ccc(C)c(CCC(CC)N2CCCC2)c1. The highest BCUT2D eigenvalue weighted by Gasteiger charge is 2.20. The van der Waals surface area contributed by atoms with Crippen molar-refractivity contribution >= 4 is 5.69 Å². The highest BCUT2D eigenvalue weighted by atomic mass is 15.2. The van der Waals surface area contributed by atoms with Gasteiger partial charge < -0.3 is 10.2 Å². The molecule has 1 N–H and O–H groups in total. The molecule has 0 bridgehead atoms. The molecule has 0 aromatic heterocycles. The van der Waals surface area contributed by atoms with Crippen LogP contribution in [0.3, 0.4) is 0 Å². The van der Waals surface area contributed by atoms with Crippen molar-refractivity contribution in [3.8, 4) is 0 Å². The molecule has 1 saturated heterocycles. The first-order valence-electron chi connectivity index (χ1n) is 8.36. The molecule has 0 radical (unpaired) electrons. The van der Waals surface area contributed by atoms with Crippen LogP contribution in [0.25, 0.3) is 0 Å². The Balaban J connectivity index is 1.98. The van der Waals surface area contributed by atoms with Gasteiger partial charge in [-0.2, -0.15) is 0 Å². The van der Waals surface area contributed by atoms with E-state index >= 15 is 0 Å². The summed E-state index contributed by atoms with van der Waals surface area (Å²) in [5.41, 5.74) is 5.03. The Morgan fingerprint density at radius 2 is 2.05 bits per heavy atom. The summed E-state index contributed by atoms with van der Waals surface area (Å²) in [4.78, 5) is 2.69. The van der Waals surface area contributed by atoms with Crippen LogP contribution in [0.2, 0.25) is 0 Å². The molecular formula is C19H30N2. The van der Waals surface area contributed by atoms with Crippen LogP contribution in [-0.4, -0.2) is 24.0 Å². The summed E-state index contributed by atoms with van der Waals surface area (Å²) >= 11 is 0. The van der Waals surface area contributed by atoms with Gasteiger partial charge in [0.15, 0.2) is 0 Å². The second-order valence-electron chi connectivity index (χ2n) is 6.39. The second-order valence-corrected chi connectivity index (χ2v) is 6.39. The van der Waals surface area contributed by atoms with Crippen molar-refractivity contribution in [3.05, 3.63) is 41.6 Å². The fourth-order valence-corrected chi connectivity index (χ4v) is 3.34. The summed E-state index contributed by atoms with van der Waals surface area (Å²) in [6, 6.07) is 7.41. The lowest BCUT2D eigenvalue weighted by molar-refractivity contribution is 0.224. The number of nitrogens with zero attached hydrogens (tertiary/aromatic N) is 1. The van der Waals surface area contributed by atoms with Crippen molar-refractivity contribution in [1.82, 2.24) is 4.90 Å². The molecule has 1 aromatic rings. The molecule has 1 aliphatic rings. The van der Waals surface area contributed by atoms with Gasteiger partial charge in [-0.05, 0) is 82.3 Å². The highest BCUT2D eigenvalue weighted by Crippen LogP contribution is 2.22. The Kier molecular flexibility index (Phi) is 5.86. The standard InChI is InChI=1S/C19H30N2/c1-5-19(21-12-6-7-13-21)11-9-17-14-18(20-15(2)3)10-8-16(17)4/h8,10,14,19-20H,2,5-7,9,11-13H2,1,3-4H3. The number of hydrogen-bond acceptors (Lipinski definition) is 2. The monoisotopic (exact) mass is 286 g/mol.